The quantitative estimate of drug-likeness (QED) is 0.757. The van der Waals surface area contributed by atoms with Crippen LogP contribution in [0.15, 0.2) is 57.9 Å². The summed E-state index contributed by atoms with van der Waals surface area (Å²) in [5.41, 5.74) is 0.474. The minimum atomic E-state index is -3.74. The predicted molar refractivity (Wildman–Crippen MR) is 90.7 cm³/mol. The van der Waals surface area contributed by atoms with E-state index < -0.39 is 15.9 Å². The maximum atomic E-state index is 12.4. The summed E-state index contributed by atoms with van der Waals surface area (Å²) in [4.78, 5) is 12.1. The molecular formula is C15H15BrN2O4S. The summed E-state index contributed by atoms with van der Waals surface area (Å²) in [6.45, 7) is -0.320. The van der Waals surface area contributed by atoms with Crippen LogP contribution in [-0.4, -0.2) is 37.3 Å². The van der Waals surface area contributed by atoms with Crippen molar-refractivity contribution in [3.63, 3.8) is 0 Å². The van der Waals surface area contributed by atoms with Crippen LogP contribution in [0.25, 0.3) is 0 Å². The number of amides is 1. The smallest absolute Gasteiger partial charge is 0.243 e. The van der Waals surface area contributed by atoms with E-state index in [0.717, 1.165) is 8.78 Å². The molecule has 8 heteroatoms. The molecule has 2 aromatic rings. The highest BCUT2D eigenvalue weighted by Gasteiger charge is 2.22. The molecule has 0 atom stereocenters. The van der Waals surface area contributed by atoms with Crippen LogP contribution in [-0.2, 0) is 14.8 Å². The molecule has 0 bridgehead atoms. The lowest BCUT2D eigenvalue weighted by atomic mass is 10.3. The van der Waals surface area contributed by atoms with Crippen molar-refractivity contribution in [1.29, 1.82) is 0 Å². The summed E-state index contributed by atoms with van der Waals surface area (Å²) < 4.78 is 26.5. The van der Waals surface area contributed by atoms with Crippen LogP contribution in [0.5, 0.6) is 5.75 Å². The molecule has 6 nitrogen and oxygen atoms in total. The van der Waals surface area contributed by atoms with E-state index in [1.54, 1.807) is 12.1 Å². The first kappa shape index (κ1) is 17.5. The van der Waals surface area contributed by atoms with Gasteiger partial charge in [0.1, 0.15) is 5.75 Å². The Morgan fingerprint density at radius 1 is 1.13 bits per heavy atom. The zero-order chi connectivity index (χ0) is 17.0. The molecule has 0 saturated heterocycles. The largest absolute Gasteiger partial charge is 0.508 e. The van der Waals surface area contributed by atoms with Crippen LogP contribution < -0.4 is 5.32 Å². The van der Waals surface area contributed by atoms with E-state index in [4.69, 9.17) is 0 Å². The molecule has 1 amide bonds. The molecule has 0 aliphatic rings. The number of hydrogen-bond acceptors (Lipinski definition) is 4. The Bertz CT molecular complexity index is 789. The maximum Gasteiger partial charge on any atom is 0.243 e. The summed E-state index contributed by atoms with van der Waals surface area (Å²) in [6, 6.07) is 12.1. The molecule has 0 saturated carbocycles. The minimum absolute atomic E-state index is 0.0814. The number of carbonyl (C=O) groups is 1. The molecule has 0 spiro atoms. The van der Waals surface area contributed by atoms with E-state index in [2.05, 4.69) is 21.2 Å². The average Bonchev–Trinajstić information content (AvgIpc) is 2.50. The normalized spacial score (nSPS) is 11.4. The van der Waals surface area contributed by atoms with Crippen LogP contribution in [0, 0.1) is 0 Å². The van der Waals surface area contributed by atoms with Crippen molar-refractivity contribution in [1.82, 2.24) is 4.31 Å². The summed E-state index contributed by atoms with van der Waals surface area (Å²) in [6.07, 6.45) is 0. The topological polar surface area (TPSA) is 86.7 Å². The highest BCUT2D eigenvalue weighted by Crippen LogP contribution is 2.18. The van der Waals surface area contributed by atoms with Gasteiger partial charge in [-0.25, -0.2) is 8.42 Å². The molecule has 0 aliphatic carbocycles. The number of phenols is 1. The Balaban J connectivity index is 2.05. The third kappa shape index (κ3) is 4.54. The van der Waals surface area contributed by atoms with Crippen molar-refractivity contribution in [3.8, 4) is 5.75 Å². The van der Waals surface area contributed by atoms with Crippen molar-refractivity contribution >= 4 is 37.5 Å². The van der Waals surface area contributed by atoms with Gasteiger partial charge in [0.25, 0.3) is 0 Å². The number of phenolic OH excluding ortho intramolecular Hbond substituents is 1. The van der Waals surface area contributed by atoms with Gasteiger partial charge >= 0.3 is 0 Å². The molecule has 2 rings (SSSR count). The number of likely N-dealkylation sites (N-methyl/N-ethyl adjacent to an activating group) is 1. The Hall–Kier alpha value is -1.90. The number of rotatable bonds is 5. The Labute approximate surface area is 142 Å². The minimum Gasteiger partial charge on any atom is -0.508 e. The molecule has 0 unspecified atom stereocenters. The molecule has 2 aromatic carbocycles. The van der Waals surface area contributed by atoms with Crippen LogP contribution in [0.4, 0.5) is 5.69 Å². The number of nitrogens with one attached hydrogen (secondary N) is 1. The van der Waals surface area contributed by atoms with Gasteiger partial charge in [0, 0.05) is 17.2 Å². The summed E-state index contributed by atoms with van der Waals surface area (Å²) in [5.74, 6) is -0.392. The van der Waals surface area contributed by atoms with Crippen LogP contribution >= 0.6 is 15.9 Å². The van der Waals surface area contributed by atoms with Crippen LogP contribution in [0.2, 0.25) is 0 Å². The molecule has 0 aliphatic heterocycles. The lowest BCUT2D eigenvalue weighted by Crippen LogP contribution is -2.34. The van der Waals surface area contributed by atoms with Gasteiger partial charge in [0.05, 0.1) is 11.4 Å². The molecule has 0 radical (unpaired) electrons. The zero-order valence-electron chi connectivity index (χ0n) is 12.2. The first-order valence-electron chi connectivity index (χ1n) is 6.60. The first-order valence-corrected chi connectivity index (χ1v) is 8.83. The van der Waals surface area contributed by atoms with Crippen molar-refractivity contribution in [3.05, 3.63) is 53.0 Å². The van der Waals surface area contributed by atoms with Crippen molar-refractivity contribution in [2.24, 2.45) is 0 Å². The zero-order valence-corrected chi connectivity index (χ0v) is 14.6. The summed E-state index contributed by atoms with van der Waals surface area (Å²) >= 11 is 3.24. The van der Waals surface area contributed by atoms with Crippen molar-refractivity contribution < 1.29 is 18.3 Å². The monoisotopic (exact) mass is 398 g/mol. The Morgan fingerprint density at radius 2 is 1.70 bits per heavy atom. The summed E-state index contributed by atoms with van der Waals surface area (Å²) in [5, 5.41) is 11.8. The molecule has 122 valence electrons. The van der Waals surface area contributed by atoms with Gasteiger partial charge in [-0.2, -0.15) is 4.31 Å². The Kier molecular flexibility index (Phi) is 5.40. The third-order valence-electron chi connectivity index (χ3n) is 3.04. The number of hydrogen-bond donors (Lipinski definition) is 2. The standard InChI is InChI=1S/C15H15BrN2O4S/c1-18(23(21,22)14-8-2-11(16)3-9-14)10-15(20)17-12-4-6-13(19)7-5-12/h2-9,19H,10H2,1H3,(H,17,20). The molecule has 2 N–H and O–H groups in total. The van der Waals surface area contributed by atoms with Crippen molar-refractivity contribution in [2.45, 2.75) is 4.90 Å². The van der Waals surface area contributed by atoms with E-state index >= 15 is 0 Å². The summed E-state index contributed by atoms with van der Waals surface area (Å²) in [7, 11) is -2.40. The van der Waals surface area contributed by atoms with E-state index in [-0.39, 0.29) is 17.2 Å². The maximum absolute atomic E-state index is 12.4. The molecule has 0 aromatic heterocycles. The fourth-order valence-corrected chi connectivity index (χ4v) is 3.21. The van der Waals surface area contributed by atoms with E-state index in [1.807, 2.05) is 0 Å². The van der Waals surface area contributed by atoms with Gasteiger partial charge in [0.2, 0.25) is 15.9 Å². The lowest BCUT2D eigenvalue weighted by molar-refractivity contribution is -0.116. The van der Waals surface area contributed by atoms with Crippen molar-refractivity contribution in [2.75, 3.05) is 18.9 Å². The van der Waals surface area contributed by atoms with Gasteiger partial charge in [-0.1, -0.05) is 15.9 Å². The number of aromatic hydroxyl groups is 1. The number of carbonyl (C=O) groups excluding carboxylic acids is 1. The van der Waals surface area contributed by atoms with Crippen LogP contribution in [0.1, 0.15) is 0 Å². The fourth-order valence-electron chi connectivity index (χ4n) is 1.82. The van der Waals surface area contributed by atoms with Gasteiger partial charge in [0.15, 0.2) is 0 Å². The SMILES string of the molecule is CN(CC(=O)Nc1ccc(O)cc1)S(=O)(=O)c1ccc(Br)cc1. The number of halogens is 1. The Morgan fingerprint density at radius 3 is 2.26 bits per heavy atom. The predicted octanol–water partition coefficient (Wildman–Crippen LogP) is 2.41. The van der Waals surface area contributed by atoms with Gasteiger partial charge in [-0.3, -0.25) is 4.79 Å². The lowest BCUT2D eigenvalue weighted by Gasteiger charge is -2.17. The highest BCUT2D eigenvalue weighted by atomic mass is 79.9. The second-order valence-corrected chi connectivity index (χ2v) is 7.77. The number of nitrogens with zero attached hydrogens (tertiary/aromatic N) is 1. The molecular weight excluding hydrogens is 384 g/mol. The van der Waals surface area contributed by atoms with Gasteiger partial charge < -0.3 is 10.4 Å². The van der Waals surface area contributed by atoms with Gasteiger partial charge in [-0.15, -0.1) is 0 Å². The number of sulfonamides is 1. The van der Waals surface area contributed by atoms with Crippen LogP contribution in [0.3, 0.4) is 0 Å². The highest BCUT2D eigenvalue weighted by molar-refractivity contribution is 9.10. The second-order valence-electron chi connectivity index (χ2n) is 4.81. The van der Waals surface area contributed by atoms with E-state index in [0.29, 0.717) is 5.69 Å². The first-order chi connectivity index (χ1) is 10.8. The van der Waals surface area contributed by atoms with E-state index in [9.17, 15) is 18.3 Å². The molecule has 0 fully saturated rings. The van der Waals surface area contributed by atoms with Gasteiger partial charge in [-0.05, 0) is 48.5 Å². The number of benzene rings is 2. The molecule has 0 heterocycles. The third-order valence-corrected chi connectivity index (χ3v) is 5.39. The average molecular weight is 399 g/mol. The number of anilines is 1. The molecule has 23 heavy (non-hydrogen) atoms. The van der Waals surface area contributed by atoms with E-state index in [1.165, 1.54) is 43.4 Å². The second kappa shape index (κ2) is 7.12. The fraction of sp³-hybridized carbons (Fsp3) is 0.133.